The zero-order valence-electron chi connectivity index (χ0n) is 47.3. The van der Waals surface area contributed by atoms with Crippen molar-refractivity contribution in [1.82, 2.24) is 20.5 Å². The van der Waals surface area contributed by atoms with Gasteiger partial charge in [-0.3, -0.25) is 24.5 Å². The van der Waals surface area contributed by atoms with Crippen LogP contribution in [-0.2, 0) is 48.4 Å². The maximum Gasteiger partial charge on any atom is 0.413 e. The number of aromatic nitrogens is 1. The average Bonchev–Trinajstić information content (AvgIpc) is 3.71. The maximum atomic E-state index is 14.8. The number of ether oxygens (including phenoxy) is 7. The molecule has 2 unspecified atom stereocenters. The number of piperidine rings is 1. The average molecular weight is 1170 g/mol. The van der Waals surface area contributed by atoms with Crippen LogP contribution < -0.4 is 44.4 Å². The fourth-order valence-corrected chi connectivity index (χ4v) is 12.5. The summed E-state index contributed by atoms with van der Waals surface area (Å²) in [4.78, 5) is 77.8. The van der Waals surface area contributed by atoms with Gasteiger partial charge in [0, 0.05) is 54.6 Å². The van der Waals surface area contributed by atoms with Crippen LogP contribution in [0.5, 0.6) is 34.5 Å². The third-order valence-electron chi connectivity index (χ3n) is 14.8. The Morgan fingerprint density at radius 2 is 1.36 bits per heavy atom. The summed E-state index contributed by atoms with van der Waals surface area (Å²) in [5, 5.41) is 13.9. The van der Waals surface area contributed by atoms with Gasteiger partial charge < -0.3 is 62.7 Å². The number of carbonyl (C=O) groups is 5. The largest absolute Gasteiger partial charge is 0.543 e. The number of carbonyl (C=O) groups excluding carboxylic acids is 5. The predicted molar refractivity (Wildman–Crippen MR) is 311 cm³/mol. The number of amides is 4. The van der Waals surface area contributed by atoms with Crippen molar-refractivity contribution in [1.29, 1.82) is 0 Å². The molecule has 3 saturated heterocycles. The Bertz CT molecular complexity index is 3190. The summed E-state index contributed by atoms with van der Waals surface area (Å²) in [6.07, 6.45) is 4.38. The molecule has 4 aromatic carbocycles. The normalized spacial score (nSPS) is 20.8. The lowest BCUT2D eigenvalue weighted by Gasteiger charge is -2.50. The van der Waals surface area contributed by atoms with Gasteiger partial charge in [0.1, 0.15) is 72.9 Å². The molecular weight excluding hydrogens is 1110 g/mol. The summed E-state index contributed by atoms with van der Waals surface area (Å²) in [7, 11) is 12.1. The molecule has 2 bridgehead atoms. The lowest BCUT2D eigenvalue weighted by molar-refractivity contribution is -0.944. The molecule has 21 nitrogen and oxygen atoms in total. The second kappa shape index (κ2) is 26.5. The highest BCUT2D eigenvalue weighted by Gasteiger charge is 2.54. The SMILES string of the molecule is [B]OC(=O)CCO/N=C(\C(=O)N[C@@H]1C(=O)N2C=C(C[N+]3(C)[C@@H]4CC[C@H]3CC(NC(=O)c3ccc(OCc5ccc(OC)cc5)c(OCc5ccc(OC)cc5)c3OCc3ccc(OC)cc3)C4)CS[C@H]12)c1csc(NC(=O)OC(C)(C)C)n1. The molecular formula is C59H67BN7O14S2+. The Hall–Kier alpha value is -7.96. The number of hydrogen-bond acceptors (Lipinski definition) is 18. The minimum absolute atomic E-state index is 0.0539. The molecule has 0 aliphatic carbocycles. The van der Waals surface area contributed by atoms with Gasteiger partial charge in [-0.25, -0.2) is 9.78 Å². The summed E-state index contributed by atoms with van der Waals surface area (Å²) >= 11 is 2.58. The third kappa shape index (κ3) is 14.6. The Kier molecular flexibility index (Phi) is 19.1. The Balaban J connectivity index is 0.876. The highest BCUT2D eigenvalue weighted by molar-refractivity contribution is 8.00. The van der Waals surface area contributed by atoms with E-state index in [-0.39, 0.29) is 96.2 Å². The van der Waals surface area contributed by atoms with Crippen molar-refractivity contribution < 1.29 is 71.1 Å². The molecule has 4 aliphatic rings. The number of methoxy groups -OCH3 is 3. The molecule has 24 heteroatoms. The molecule has 0 saturated carbocycles. The van der Waals surface area contributed by atoms with Crippen LogP contribution in [0.15, 0.2) is 107 Å². The number of hydrogen-bond donors (Lipinski definition) is 3. The van der Waals surface area contributed by atoms with E-state index in [0.29, 0.717) is 35.1 Å². The van der Waals surface area contributed by atoms with Crippen LogP contribution in [0.4, 0.5) is 9.93 Å². The molecule has 1 aromatic heterocycles. The summed E-state index contributed by atoms with van der Waals surface area (Å²) < 4.78 is 46.2. The van der Waals surface area contributed by atoms with Crippen LogP contribution in [0.1, 0.15) is 85.6 Å². The fourth-order valence-electron chi connectivity index (χ4n) is 10.6. The Labute approximate surface area is 491 Å². The molecule has 436 valence electrons. The molecule has 6 atom stereocenters. The summed E-state index contributed by atoms with van der Waals surface area (Å²) in [5.74, 6) is 1.60. The number of oxime groups is 1. The van der Waals surface area contributed by atoms with Gasteiger partial charge in [0.05, 0.1) is 52.4 Å². The molecule has 5 heterocycles. The Morgan fingerprint density at radius 1 is 0.783 bits per heavy atom. The molecule has 9 rings (SSSR count). The maximum absolute atomic E-state index is 14.8. The quantitative estimate of drug-likeness (QED) is 0.0133. The molecule has 4 aliphatic heterocycles. The van der Waals surface area contributed by atoms with Gasteiger partial charge in [-0.05, 0) is 86.0 Å². The number of nitrogens with one attached hydrogen (secondary N) is 3. The van der Waals surface area contributed by atoms with Crippen molar-refractivity contribution in [3.05, 3.63) is 130 Å². The molecule has 4 amide bonds. The smallest absolute Gasteiger partial charge is 0.413 e. The number of nitrogens with zero attached hydrogens (tertiary/aromatic N) is 4. The first-order chi connectivity index (χ1) is 39.9. The number of rotatable bonds is 24. The van der Waals surface area contributed by atoms with Gasteiger partial charge in [-0.15, -0.1) is 23.1 Å². The van der Waals surface area contributed by atoms with Crippen LogP contribution in [0.2, 0.25) is 0 Å². The van der Waals surface area contributed by atoms with Gasteiger partial charge in [-0.1, -0.05) is 41.6 Å². The minimum Gasteiger partial charge on any atom is -0.543 e. The van der Waals surface area contributed by atoms with Crippen molar-refractivity contribution in [3.63, 3.8) is 0 Å². The van der Waals surface area contributed by atoms with Crippen molar-refractivity contribution in [3.8, 4) is 34.5 Å². The van der Waals surface area contributed by atoms with E-state index in [1.165, 1.54) is 5.38 Å². The summed E-state index contributed by atoms with van der Waals surface area (Å²) in [6.45, 7) is 6.08. The number of fused-ring (bicyclic) bond motifs is 3. The topological polar surface area (TPSA) is 233 Å². The first-order valence-electron chi connectivity index (χ1n) is 27.0. The molecule has 3 fully saturated rings. The van der Waals surface area contributed by atoms with Crippen LogP contribution in [0, 0.1) is 0 Å². The van der Waals surface area contributed by atoms with E-state index in [1.54, 1.807) is 70.9 Å². The van der Waals surface area contributed by atoms with E-state index in [1.807, 2.05) is 79.0 Å². The van der Waals surface area contributed by atoms with Crippen molar-refractivity contribution in [2.75, 3.05) is 52.6 Å². The molecule has 3 N–H and O–H groups in total. The van der Waals surface area contributed by atoms with E-state index >= 15 is 0 Å². The number of anilines is 1. The first-order valence-corrected chi connectivity index (χ1v) is 29.0. The summed E-state index contributed by atoms with van der Waals surface area (Å²) in [6, 6.07) is 25.6. The minimum atomic E-state index is -0.881. The zero-order chi connectivity index (χ0) is 58.8. The van der Waals surface area contributed by atoms with Gasteiger partial charge in [0.25, 0.3) is 23.7 Å². The van der Waals surface area contributed by atoms with Gasteiger partial charge in [0.2, 0.25) is 5.75 Å². The van der Waals surface area contributed by atoms with Crippen LogP contribution >= 0.6 is 23.1 Å². The standard InChI is InChI=1S/C59H66BN7O14S2/c1-59(2,3)80-58(72)64-57-62-46(34-83-57)49(65-79-25-24-48(68)81-60)54(70)63-50-55(71)66-28-38(33-82-56(50)66)29-67(4)40-14-15-41(67)27-39(26-40)61-53(69)45-22-23-47(76-30-35-8-16-42(73-5)17-9-35)52(78-32-37-12-20-44(75-7)21-13-37)51(45)77-31-36-10-18-43(74-6)19-11-36/h8-13,16-23,28,34,39-41,50,56H,14-15,24-27,29-33H2,1-7H3,(H2-,61,62,63,64,69,70,72)/p+1/b65-49-/t39?,40-,41+,50-,56-,67?/m1/s1. The monoisotopic (exact) mass is 1170 g/mol. The fraction of sp³-hybridized carbons (Fsp3) is 0.407. The van der Waals surface area contributed by atoms with Gasteiger partial charge in [0.15, 0.2) is 22.3 Å². The van der Waals surface area contributed by atoms with E-state index in [4.69, 9.17) is 46.0 Å². The number of β-lactam (4-membered cyclic amide) rings is 1. The van der Waals surface area contributed by atoms with Crippen LogP contribution in [0.25, 0.3) is 0 Å². The zero-order valence-corrected chi connectivity index (χ0v) is 48.9. The number of likely N-dealkylation sites (N-methyl/N-ethyl adjacent to an activating group) is 1. The second-order valence-corrected chi connectivity index (χ2v) is 23.5. The molecule has 83 heavy (non-hydrogen) atoms. The predicted octanol–water partition coefficient (Wildman–Crippen LogP) is 7.84. The number of thiazole rings is 1. The molecule has 0 spiro atoms. The van der Waals surface area contributed by atoms with Gasteiger partial charge >= 0.3 is 14.1 Å². The van der Waals surface area contributed by atoms with E-state index < -0.39 is 29.6 Å². The van der Waals surface area contributed by atoms with Gasteiger partial charge in [-0.2, -0.15) is 0 Å². The van der Waals surface area contributed by atoms with Crippen molar-refractivity contribution in [2.45, 2.75) is 108 Å². The highest BCUT2D eigenvalue weighted by atomic mass is 32.2. The van der Waals surface area contributed by atoms with Crippen molar-refractivity contribution >= 4 is 71.8 Å². The highest BCUT2D eigenvalue weighted by Crippen LogP contribution is 2.46. The lowest BCUT2D eigenvalue weighted by Crippen LogP contribution is -2.69. The number of thioether (sulfide) groups is 1. The number of benzene rings is 4. The first kappa shape index (κ1) is 59.7. The molecule has 2 radical (unpaired) electrons. The van der Waals surface area contributed by atoms with Crippen molar-refractivity contribution in [2.24, 2.45) is 5.16 Å². The van der Waals surface area contributed by atoms with E-state index in [9.17, 15) is 24.0 Å². The van der Waals surface area contributed by atoms with E-state index in [0.717, 1.165) is 69.5 Å². The van der Waals surface area contributed by atoms with Crippen LogP contribution in [0.3, 0.4) is 0 Å². The third-order valence-corrected chi connectivity index (χ3v) is 17.0. The number of quaternary nitrogens is 1. The summed E-state index contributed by atoms with van der Waals surface area (Å²) in [5.41, 5.74) is 3.03. The Morgan fingerprint density at radius 3 is 1.93 bits per heavy atom. The van der Waals surface area contributed by atoms with Crippen LogP contribution in [-0.4, -0.2) is 140 Å². The van der Waals surface area contributed by atoms with E-state index in [2.05, 4.69) is 37.8 Å². The lowest BCUT2D eigenvalue weighted by atomic mass is 9.93. The molecule has 5 aromatic rings. The second-order valence-electron chi connectivity index (χ2n) is 21.6.